The number of unbranched alkanes of at least 4 members (excludes halogenated alkanes) is 35. The predicted molar refractivity (Wildman–Crippen MR) is 314 cm³/mol. The van der Waals surface area contributed by atoms with Crippen LogP contribution in [0, 0.1) is 0 Å². The molecule has 0 saturated carbocycles. The van der Waals surface area contributed by atoms with Gasteiger partial charge in [0.15, 0.2) is 12.6 Å². The van der Waals surface area contributed by atoms with Crippen molar-refractivity contribution >= 4 is 5.91 Å². The molecule has 0 aromatic heterocycles. The van der Waals surface area contributed by atoms with E-state index in [9.17, 15) is 45.6 Å². The van der Waals surface area contributed by atoms with Crippen LogP contribution in [0.1, 0.15) is 271 Å². The third-order valence-electron chi connectivity index (χ3n) is 15.8. The van der Waals surface area contributed by atoms with Gasteiger partial charge in [-0.2, -0.15) is 0 Å². The quantitative estimate of drug-likeness (QED) is 0.0204. The van der Waals surface area contributed by atoms with Gasteiger partial charge in [0.25, 0.3) is 0 Å². The lowest BCUT2D eigenvalue weighted by Gasteiger charge is -2.46. The summed E-state index contributed by atoms with van der Waals surface area (Å²) in [5, 5.41) is 86.9. The van der Waals surface area contributed by atoms with Gasteiger partial charge >= 0.3 is 0 Å². The van der Waals surface area contributed by atoms with E-state index in [4.69, 9.17) is 18.9 Å². The third-order valence-corrected chi connectivity index (χ3v) is 15.8. The van der Waals surface area contributed by atoms with Crippen molar-refractivity contribution in [2.45, 2.75) is 344 Å². The van der Waals surface area contributed by atoms with E-state index in [1.807, 2.05) is 6.08 Å². The van der Waals surface area contributed by atoms with Crippen molar-refractivity contribution in [2.75, 3.05) is 19.8 Å². The van der Waals surface area contributed by atoms with E-state index in [1.54, 1.807) is 6.08 Å². The van der Waals surface area contributed by atoms with Gasteiger partial charge in [0.1, 0.15) is 48.8 Å². The molecule has 78 heavy (non-hydrogen) atoms. The van der Waals surface area contributed by atoms with E-state index in [2.05, 4.69) is 43.5 Å². The van der Waals surface area contributed by atoms with Gasteiger partial charge in [-0.25, -0.2) is 0 Å². The maximum Gasteiger partial charge on any atom is 0.220 e. The van der Waals surface area contributed by atoms with E-state index in [0.29, 0.717) is 12.8 Å². The fraction of sp³-hybridized carbons (Fsp3) is 0.891. The van der Waals surface area contributed by atoms with Gasteiger partial charge in [0, 0.05) is 6.42 Å². The molecule has 0 aliphatic carbocycles. The Labute approximate surface area is 474 Å². The number of allylic oxidation sites excluding steroid dienone is 5. The van der Waals surface area contributed by atoms with E-state index in [1.165, 1.54) is 205 Å². The molecule has 0 spiro atoms. The summed E-state index contributed by atoms with van der Waals surface area (Å²) in [6, 6.07) is -0.928. The summed E-state index contributed by atoms with van der Waals surface area (Å²) in [6.07, 6.45) is 45.2. The first-order valence-corrected chi connectivity index (χ1v) is 32.2. The van der Waals surface area contributed by atoms with Crippen molar-refractivity contribution < 1.29 is 64.6 Å². The van der Waals surface area contributed by atoms with E-state index >= 15 is 0 Å². The number of carbonyl (C=O) groups excluding carboxylic acids is 1. The molecule has 2 heterocycles. The summed E-state index contributed by atoms with van der Waals surface area (Å²) in [5.41, 5.74) is 0. The predicted octanol–water partition coefficient (Wildman–Crippen LogP) is 11.8. The Hall–Kier alpha value is -1.79. The molecule has 0 aromatic rings. The number of carbonyl (C=O) groups is 1. The number of aliphatic hydroxyl groups excluding tert-OH is 8. The lowest BCUT2D eigenvalue weighted by atomic mass is 9.97. The van der Waals surface area contributed by atoms with Crippen LogP contribution in [0.25, 0.3) is 0 Å². The molecule has 2 aliphatic rings. The van der Waals surface area contributed by atoms with Gasteiger partial charge in [-0.15, -0.1) is 0 Å². The van der Waals surface area contributed by atoms with Gasteiger partial charge in [-0.05, 0) is 57.8 Å². The second-order valence-electron chi connectivity index (χ2n) is 22.9. The van der Waals surface area contributed by atoms with Crippen LogP contribution in [0.5, 0.6) is 0 Å². The maximum absolute atomic E-state index is 13.2. The van der Waals surface area contributed by atoms with Crippen LogP contribution in [0.2, 0.25) is 0 Å². The zero-order chi connectivity index (χ0) is 56.7. The smallest absolute Gasteiger partial charge is 0.220 e. The van der Waals surface area contributed by atoms with Gasteiger partial charge in [-0.1, -0.05) is 243 Å². The monoisotopic (exact) mass is 1110 g/mol. The van der Waals surface area contributed by atoms with Crippen molar-refractivity contribution in [1.82, 2.24) is 5.32 Å². The molecule has 458 valence electrons. The standard InChI is InChI=1S/C64H119NO13/c1-3-5-7-9-11-13-15-16-17-18-19-20-21-22-23-24-25-26-27-28-29-30-31-32-33-34-35-36-38-40-42-44-46-48-56(69)65-52(53(68)47-45-43-41-39-37-14-12-10-8-6-4-2)51-75-63-61(74)59(72)62(55(50-67)77-63)78-64-60(73)58(71)57(70)54(49-66)76-64/h18-19,37,39,45,47,52-55,57-64,66-68,70-74H,3-17,20-36,38,40-44,46,48-51H2,1-2H3,(H,65,69)/b19-18-,39-37+,47-45+. The lowest BCUT2D eigenvalue weighted by molar-refractivity contribution is -0.359. The van der Waals surface area contributed by atoms with Crippen LogP contribution in [-0.4, -0.2) is 140 Å². The van der Waals surface area contributed by atoms with Crippen molar-refractivity contribution in [1.29, 1.82) is 0 Å². The molecule has 2 aliphatic heterocycles. The average Bonchev–Trinajstić information content (AvgIpc) is 3.45. The zero-order valence-corrected chi connectivity index (χ0v) is 49.4. The molecule has 0 bridgehead atoms. The molecule has 2 saturated heterocycles. The van der Waals surface area contributed by atoms with E-state index < -0.39 is 86.8 Å². The van der Waals surface area contributed by atoms with Gasteiger partial charge in [0.05, 0.1) is 32.0 Å². The van der Waals surface area contributed by atoms with Gasteiger partial charge in [0.2, 0.25) is 5.91 Å². The third kappa shape index (κ3) is 34.6. The number of amides is 1. The molecule has 12 atom stereocenters. The number of ether oxygens (including phenoxy) is 4. The molecule has 1 amide bonds. The number of hydrogen-bond donors (Lipinski definition) is 9. The Morgan fingerprint density at radius 3 is 1.26 bits per heavy atom. The largest absolute Gasteiger partial charge is 0.394 e. The fourth-order valence-electron chi connectivity index (χ4n) is 10.6. The van der Waals surface area contributed by atoms with Crippen LogP contribution in [0.15, 0.2) is 36.5 Å². The summed E-state index contributed by atoms with van der Waals surface area (Å²) < 4.78 is 22.7. The highest BCUT2D eigenvalue weighted by atomic mass is 16.7. The first kappa shape index (κ1) is 72.3. The van der Waals surface area contributed by atoms with Gasteiger partial charge in [-0.3, -0.25) is 4.79 Å². The van der Waals surface area contributed by atoms with Crippen LogP contribution in [-0.2, 0) is 23.7 Å². The average molecular weight is 1110 g/mol. The minimum atomic E-state index is -1.79. The number of aliphatic hydroxyl groups is 8. The van der Waals surface area contributed by atoms with Crippen LogP contribution >= 0.6 is 0 Å². The number of hydrogen-bond acceptors (Lipinski definition) is 13. The Morgan fingerprint density at radius 2 is 0.821 bits per heavy atom. The van der Waals surface area contributed by atoms with Crippen molar-refractivity contribution in [3.8, 4) is 0 Å². The minimum absolute atomic E-state index is 0.247. The summed E-state index contributed by atoms with van der Waals surface area (Å²) in [7, 11) is 0. The molecule has 2 fully saturated rings. The maximum atomic E-state index is 13.2. The molecule has 0 radical (unpaired) electrons. The SMILES string of the molecule is CCCCCCC/C=C/CC/C=C/C(O)C(COC1OC(CO)C(OC2OC(CO)C(O)C(O)C2O)C(O)C1O)NC(=O)CCCCCCCCCCCCCCCCCCCCCCC/C=C\CCCCCCCCCC. The fourth-order valence-corrected chi connectivity index (χ4v) is 10.6. The molecule has 12 unspecified atom stereocenters. The summed E-state index contributed by atoms with van der Waals surface area (Å²) in [6.45, 7) is 2.76. The molecule has 2 rings (SSSR count). The second-order valence-corrected chi connectivity index (χ2v) is 22.9. The van der Waals surface area contributed by atoms with Crippen LogP contribution in [0.3, 0.4) is 0 Å². The highest BCUT2D eigenvalue weighted by molar-refractivity contribution is 5.76. The highest BCUT2D eigenvalue weighted by Crippen LogP contribution is 2.30. The summed E-state index contributed by atoms with van der Waals surface area (Å²) in [4.78, 5) is 13.2. The molecule has 0 aromatic carbocycles. The normalized spacial score (nSPS) is 24.7. The summed E-state index contributed by atoms with van der Waals surface area (Å²) in [5.74, 6) is -0.247. The molecule has 14 nitrogen and oxygen atoms in total. The number of rotatable bonds is 52. The molecular formula is C64H119NO13. The molecular weight excluding hydrogens is 991 g/mol. The Balaban J connectivity index is 1.60. The Bertz CT molecular complexity index is 1450. The highest BCUT2D eigenvalue weighted by Gasteiger charge is 2.51. The Kier molecular flexibility index (Phi) is 46.2. The van der Waals surface area contributed by atoms with Crippen LogP contribution < -0.4 is 5.32 Å². The first-order chi connectivity index (χ1) is 38.1. The lowest BCUT2D eigenvalue weighted by Crippen LogP contribution is -2.65. The topological polar surface area (TPSA) is 228 Å². The summed E-state index contributed by atoms with van der Waals surface area (Å²) >= 11 is 0. The second kappa shape index (κ2) is 49.8. The van der Waals surface area contributed by atoms with Crippen molar-refractivity contribution in [3.05, 3.63) is 36.5 Å². The molecule has 14 heteroatoms. The van der Waals surface area contributed by atoms with E-state index in [0.717, 1.165) is 32.1 Å². The van der Waals surface area contributed by atoms with Crippen molar-refractivity contribution in [2.24, 2.45) is 0 Å². The molecule has 9 N–H and O–H groups in total. The van der Waals surface area contributed by atoms with Crippen LogP contribution in [0.4, 0.5) is 0 Å². The first-order valence-electron chi connectivity index (χ1n) is 32.2. The Morgan fingerprint density at radius 1 is 0.449 bits per heavy atom. The zero-order valence-electron chi connectivity index (χ0n) is 49.4. The van der Waals surface area contributed by atoms with Gasteiger partial charge < -0.3 is 65.1 Å². The van der Waals surface area contributed by atoms with E-state index in [-0.39, 0.29) is 18.9 Å². The van der Waals surface area contributed by atoms with Crippen molar-refractivity contribution in [3.63, 3.8) is 0 Å². The number of nitrogens with one attached hydrogen (secondary N) is 1. The minimum Gasteiger partial charge on any atom is -0.394 e.